The molecule has 4 rings (SSSR count). The van der Waals surface area contributed by atoms with Gasteiger partial charge in [0.2, 0.25) is 5.17 Å². The number of hydrogen-bond acceptors (Lipinski definition) is 5. The van der Waals surface area contributed by atoms with Gasteiger partial charge in [0.1, 0.15) is 16.6 Å². The van der Waals surface area contributed by atoms with Crippen LogP contribution in [0.2, 0.25) is 5.02 Å². The summed E-state index contributed by atoms with van der Waals surface area (Å²) in [6.45, 7) is 6.15. The van der Waals surface area contributed by atoms with Crippen LogP contribution in [0.4, 0.5) is 0 Å². The quantitative estimate of drug-likeness (QED) is 0.581. The lowest BCUT2D eigenvalue weighted by atomic mass is 10.1. The molecular formula is C22H21ClN4O2S. The number of carbonyl (C=O) groups is 1. The maximum Gasteiger partial charge on any atom is 0.283 e. The minimum atomic E-state index is -0.462. The molecule has 0 radical (unpaired) electrons. The summed E-state index contributed by atoms with van der Waals surface area (Å²) in [5.41, 5.74) is 1.98. The first kappa shape index (κ1) is 20.6. The number of halogens is 1. The molecule has 2 aliphatic heterocycles. The number of nitrogens with zero attached hydrogens (tertiary/aromatic N) is 3. The second-order valence-electron chi connectivity index (χ2n) is 7.14. The number of benzene rings is 1. The van der Waals surface area contributed by atoms with Crippen LogP contribution in [-0.2, 0) is 4.79 Å². The number of aryl methyl sites for hydroxylation is 1. The van der Waals surface area contributed by atoms with Crippen molar-refractivity contribution in [2.75, 3.05) is 0 Å². The molecule has 1 amide bonds. The van der Waals surface area contributed by atoms with Crippen LogP contribution in [0.25, 0.3) is 17.4 Å². The van der Waals surface area contributed by atoms with Gasteiger partial charge in [-0.2, -0.15) is 15.1 Å². The van der Waals surface area contributed by atoms with Gasteiger partial charge in [0.25, 0.3) is 5.91 Å². The fourth-order valence-corrected chi connectivity index (χ4v) is 4.62. The summed E-state index contributed by atoms with van der Waals surface area (Å²) in [4.78, 5) is 16.7. The van der Waals surface area contributed by atoms with Gasteiger partial charge in [-0.25, -0.2) is 0 Å². The number of amides is 1. The normalized spacial score (nSPS) is 17.6. The molecule has 0 bridgehead atoms. The first-order chi connectivity index (χ1) is 14.4. The van der Waals surface area contributed by atoms with Gasteiger partial charge in [-0.05, 0) is 61.4 Å². The number of hydrogen-bond donors (Lipinski definition) is 1. The minimum Gasteiger partial charge on any atom is -0.457 e. The van der Waals surface area contributed by atoms with Crippen molar-refractivity contribution in [3.8, 4) is 11.3 Å². The van der Waals surface area contributed by atoms with Gasteiger partial charge in [-0.3, -0.25) is 10.2 Å². The highest BCUT2D eigenvalue weighted by molar-refractivity contribution is 8.27. The van der Waals surface area contributed by atoms with E-state index in [0.29, 0.717) is 27.6 Å². The van der Waals surface area contributed by atoms with Gasteiger partial charge in [0, 0.05) is 16.5 Å². The number of thioether (sulfide) groups is 1. The van der Waals surface area contributed by atoms with E-state index in [1.54, 1.807) is 12.1 Å². The van der Waals surface area contributed by atoms with Gasteiger partial charge in [-0.15, -0.1) is 0 Å². The van der Waals surface area contributed by atoms with Crippen molar-refractivity contribution in [1.82, 2.24) is 5.01 Å². The Morgan fingerprint density at radius 2 is 2.03 bits per heavy atom. The fraction of sp³-hybridized carbons (Fsp3) is 0.273. The fourth-order valence-electron chi connectivity index (χ4n) is 3.28. The van der Waals surface area contributed by atoms with Crippen LogP contribution in [0.3, 0.4) is 0 Å². The van der Waals surface area contributed by atoms with Crippen molar-refractivity contribution in [3.63, 3.8) is 0 Å². The van der Waals surface area contributed by atoms with Crippen molar-refractivity contribution >= 4 is 51.4 Å². The standard InChI is InChI=1S/C22H21ClN4O2S/c1-4-13(5-2)21-26-27-19(24)16(20(28)25-22(27)30-21)11-15-8-9-18(29-15)14-7-6-12(3)17(23)10-14/h6-11,13,24H,4-5H2,1-3H3/b16-11-,24-19?. The van der Waals surface area contributed by atoms with E-state index in [1.807, 2.05) is 31.2 Å². The molecule has 3 heterocycles. The second-order valence-corrected chi connectivity index (χ2v) is 8.53. The first-order valence-corrected chi connectivity index (χ1v) is 11.0. The molecule has 2 aliphatic rings. The second kappa shape index (κ2) is 8.24. The third-order valence-corrected chi connectivity index (χ3v) is 6.65. The summed E-state index contributed by atoms with van der Waals surface area (Å²) < 4.78 is 5.88. The number of nitrogens with one attached hydrogen (secondary N) is 1. The Labute approximate surface area is 184 Å². The summed E-state index contributed by atoms with van der Waals surface area (Å²) in [5.74, 6) is 0.941. The Kier molecular flexibility index (Phi) is 5.66. The number of aliphatic imine (C=N–C) groups is 1. The lowest BCUT2D eigenvalue weighted by Crippen LogP contribution is -2.35. The van der Waals surface area contributed by atoms with Gasteiger partial charge in [0.15, 0.2) is 5.84 Å². The van der Waals surface area contributed by atoms with Gasteiger partial charge >= 0.3 is 0 Å². The predicted octanol–water partition coefficient (Wildman–Crippen LogP) is 5.96. The van der Waals surface area contributed by atoms with E-state index in [-0.39, 0.29) is 11.4 Å². The van der Waals surface area contributed by atoms with E-state index in [2.05, 4.69) is 23.9 Å². The smallest absolute Gasteiger partial charge is 0.283 e. The maximum atomic E-state index is 12.6. The van der Waals surface area contributed by atoms with Crippen LogP contribution >= 0.6 is 23.4 Å². The SMILES string of the molecule is CCC(CC)C1=NN2C(=N)/C(=C/c3ccc(-c4ccc(C)c(Cl)c4)o3)C(=O)N=C2S1. The molecule has 0 saturated carbocycles. The van der Waals surface area contributed by atoms with Crippen molar-refractivity contribution in [2.45, 2.75) is 33.6 Å². The molecule has 2 aromatic rings. The molecule has 1 aromatic carbocycles. The molecule has 0 unspecified atom stereocenters. The van der Waals surface area contributed by atoms with Crippen LogP contribution in [0.15, 0.2) is 50.4 Å². The highest BCUT2D eigenvalue weighted by Crippen LogP contribution is 2.33. The van der Waals surface area contributed by atoms with Crippen LogP contribution in [0.5, 0.6) is 0 Å². The molecule has 8 heteroatoms. The number of amidine groups is 2. The lowest BCUT2D eigenvalue weighted by molar-refractivity contribution is -0.114. The Morgan fingerprint density at radius 1 is 1.27 bits per heavy atom. The summed E-state index contributed by atoms with van der Waals surface area (Å²) in [6, 6.07) is 9.26. The highest BCUT2D eigenvalue weighted by Gasteiger charge is 2.37. The molecule has 30 heavy (non-hydrogen) atoms. The van der Waals surface area contributed by atoms with E-state index in [4.69, 9.17) is 21.4 Å². The third kappa shape index (κ3) is 3.75. The molecule has 154 valence electrons. The van der Waals surface area contributed by atoms with Crippen molar-refractivity contribution in [1.29, 1.82) is 5.41 Å². The van der Waals surface area contributed by atoms with E-state index < -0.39 is 5.91 Å². The average Bonchev–Trinajstić information content (AvgIpc) is 3.36. The monoisotopic (exact) mass is 440 g/mol. The molecule has 0 aliphatic carbocycles. The molecule has 1 aromatic heterocycles. The first-order valence-electron chi connectivity index (χ1n) is 9.77. The lowest BCUT2D eigenvalue weighted by Gasteiger charge is -2.19. The number of carbonyl (C=O) groups excluding carboxylic acids is 1. The number of rotatable bonds is 5. The number of hydrazone groups is 1. The van der Waals surface area contributed by atoms with Crippen LogP contribution in [0, 0.1) is 18.3 Å². The zero-order valence-corrected chi connectivity index (χ0v) is 18.5. The van der Waals surface area contributed by atoms with Crippen molar-refractivity contribution in [2.24, 2.45) is 16.0 Å². The number of fused-ring (bicyclic) bond motifs is 1. The molecule has 6 nitrogen and oxygen atoms in total. The zero-order chi connectivity index (χ0) is 21.4. The third-order valence-electron chi connectivity index (χ3n) is 5.17. The van der Waals surface area contributed by atoms with E-state index in [0.717, 1.165) is 29.0 Å². The maximum absolute atomic E-state index is 12.6. The predicted molar refractivity (Wildman–Crippen MR) is 123 cm³/mol. The zero-order valence-electron chi connectivity index (χ0n) is 16.9. The highest BCUT2D eigenvalue weighted by atomic mass is 35.5. The van der Waals surface area contributed by atoms with Crippen LogP contribution < -0.4 is 0 Å². The summed E-state index contributed by atoms with van der Waals surface area (Å²) in [5, 5.41) is 16.5. The molecule has 0 atom stereocenters. The van der Waals surface area contributed by atoms with Crippen LogP contribution in [0.1, 0.15) is 38.0 Å². The summed E-state index contributed by atoms with van der Waals surface area (Å²) in [6.07, 6.45) is 3.44. The van der Waals surface area contributed by atoms with E-state index in [1.165, 1.54) is 16.8 Å². The van der Waals surface area contributed by atoms with Gasteiger partial charge < -0.3 is 4.42 Å². The van der Waals surface area contributed by atoms with E-state index in [9.17, 15) is 4.79 Å². The van der Waals surface area contributed by atoms with Crippen LogP contribution in [-0.4, -0.2) is 27.0 Å². The Bertz CT molecular complexity index is 1130. The number of furan rings is 1. The Balaban J connectivity index is 1.62. The van der Waals surface area contributed by atoms with E-state index >= 15 is 0 Å². The van der Waals surface area contributed by atoms with Crippen molar-refractivity contribution < 1.29 is 9.21 Å². The molecule has 0 spiro atoms. The summed E-state index contributed by atoms with van der Waals surface area (Å²) in [7, 11) is 0. The molecule has 1 N–H and O–H groups in total. The largest absolute Gasteiger partial charge is 0.457 e. The molecular weight excluding hydrogens is 420 g/mol. The van der Waals surface area contributed by atoms with Gasteiger partial charge in [-0.1, -0.05) is 37.6 Å². The average molecular weight is 441 g/mol. The Hall–Kier alpha value is -2.64. The molecule has 0 saturated heterocycles. The summed E-state index contributed by atoms with van der Waals surface area (Å²) >= 11 is 7.58. The van der Waals surface area contributed by atoms with Gasteiger partial charge in [0.05, 0.1) is 5.57 Å². The molecule has 0 fully saturated rings. The minimum absolute atomic E-state index is 0.00906. The van der Waals surface area contributed by atoms with Crippen molar-refractivity contribution in [3.05, 3.63) is 52.3 Å². The Morgan fingerprint density at radius 3 is 2.73 bits per heavy atom. The topological polar surface area (TPSA) is 82.0 Å².